The maximum Gasteiger partial charge on any atom is 0.338 e. The molecule has 2 rings (SSSR count). The van der Waals surface area contributed by atoms with Crippen LogP contribution in [0.15, 0.2) is 6.07 Å². The van der Waals surface area contributed by atoms with E-state index in [2.05, 4.69) is 5.32 Å². The Balaban J connectivity index is 2.09. The first kappa shape index (κ1) is 13.0. The molecule has 0 radical (unpaired) electrons. The zero-order chi connectivity index (χ0) is 13.3. The molecule has 0 aromatic carbocycles. The highest BCUT2D eigenvalue weighted by molar-refractivity contribution is 7.16. The van der Waals surface area contributed by atoms with Crippen molar-refractivity contribution in [2.75, 3.05) is 11.9 Å². The number of aryl methyl sites for hydroxylation is 1. The van der Waals surface area contributed by atoms with E-state index in [0.29, 0.717) is 18.0 Å². The molecule has 0 saturated carbocycles. The van der Waals surface area contributed by atoms with Crippen molar-refractivity contribution in [3.05, 3.63) is 16.5 Å². The maximum absolute atomic E-state index is 12.0. The van der Waals surface area contributed by atoms with E-state index in [1.165, 1.54) is 11.3 Å². The Kier molecular flexibility index (Phi) is 3.68. The van der Waals surface area contributed by atoms with Crippen molar-refractivity contribution in [2.45, 2.75) is 26.4 Å². The molecule has 1 saturated heterocycles. The lowest BCUT2D eigenvalue weighted by Crippen LogP contribution is -2.23. The van der Waals surface area contributed by atoms with Gasteiger partial charge in [-0.2, -0.15) is 0 Å². The summed E-state index contributed by atoms with van der Waals surface area (Å²) in [7, 11) is 0. The number of carbonyl (C=O) groups excluding carboxylic acids is 1. The molecule has 18 heavy (non-hydrogen) atoms. The van der Waals surface area contributed by atoms with Gasteiger partial charge in [0.15, 0.2) is 0 Å². The van der Waals surface area contributed by atoms with Crippen LogP contribution in [0.1, 0.15) is 28.6 Å². The third kappa shape index (κ3) is 2.70. The average Bonchev–Trinajstić information content (AvgIpc) is 2.85. The minimum atomic E-state index is -1.02. The molecule has 1 aliphatic rings. The first-order valence-corrected chi connectivity index (χ1v) is 6.55. The molecule has 0 bridgehead atoms. The number of amides is 1. The van der Waals surface area contributed by atoms with Crippen LogP contribution in [0.3, 0.4) is 0 Å². The Morgan fingerprint density at radius 2 is 2.28 bits per heavy atom. The topological polar surface area (TPSA) is 75.6 Å². The van der Waals surface area contributed by atoms with E-state index < -0.39 is 5.97 Å². The Morgan fingerprint density at radius 1 is 1.56 bits per heavy atom. The smallest absolute Gasteiger partial charge is 0.338 e. The summed E-state index contributed by atoms with van der Waals surface area (Å²) in [5.41, 5.74) is 0.151. The molecule has 1 amide bonds. The predicted octanol–water partition coefficient (Wildman–Crippen LogP) is 2.12. The van der Waals surface area contributed by atoms with Crippen LogP contribution >= 0.6 is 11.3 Å². The number of ether oxygens (including phenoxy) is 1. The number of carboxylic acid groups (broad SMARTS) is 1. The maximum atomic E-state index is 12.0. The van der Waals surface area contributed by atoms with Crippen LogP contribution in [0, 0.1) is 12.8 Å². The molecular formula is C12H15NO4S. The van der Waals surface area contributed by atoms with E-state index in [0.717, 1.165) is 4.88 Å². The normalized spacial score (nSPS) is 23.0. The van der Waals surface area contributed by atoms with Gasteiger partial charge < -0.3 is 15.2 Å². The van der Waals surface area contributed by atoms with Crippen LogP contribution in [-0.2, 0) is 9.53 Å². The number of rotatable bonds is 3. The number of nitrogens with one attached hydrogen (secondary N) is 1. The van der Waals surface area contributed by atoms with Crippen LogP contribution in [-0.4, -0.2) is 29.7 Å². The highest BCUT2D eigenvalue weighted by Crippen LogP contribution is 2.29. The highest BCUT2D eigenvalue weighted by Gasteiger charge is 2.29. The van der Waals surface area contributed by atoms with Crippen molar-refractivity contribution in [2.24, 2.45) is 5.92 Å². The molecule has 1 aliphatic heterocycles. The molecule has 1 aromatic heterocycles. The van der Waals surface area contributed by atoms with E-state index in [1.807, 2.05) is 13.8 Å². The molecule has 1 aromatic rings. The second-order valence-corrected chi connectivity index (χ2v) is 5.73. The SMILES string of the molecule is Cc1cc(C(=O)O)c(NC(=O)C2COC(C)C2)s1. The fourth-order valence-electron chi connectivity index (χ4n) is 1.98. The summed E-state index contributed by atoms with van der Waals surface area (Å²) in [6.45, 7) is 4.14. The van der Waals surface area contributed by atoms with Crippen LogP contribution in [0.2, 0.25) is 0 Å². The minimum Gasteiger partial charge on any atom is -0.478 e. The summed E-state index contributed by atoms with van der Waals surface area (Å²) >= 11 is 1.28. The van der Waals surface area contributed by atoms with E-state index in [1.54, 1.807) is 6.07 Å². The first-order valence-electron chi connectivity index (χ1n) is 5.73. The second-order valence-electron chi connectivity index (χ2n) is 4.47. The number of anilines is 1. The lowest BCUT2D eigenvalue weighted by Gasteiger charge is -2.08. The summed E-state index contributed by atoms with van der Waals surface area (Å²) in [6, 6.07) is 1.57. The number of hydrogen-bond donors (Lipinski definition) is 2. The van der Waals surface area contributed by atoms with Gasteiger partial charge in [0.2, 0.25) is 5.91 Å². The number of aromatic carboxylic acids is 1. The monoisotopic (exact) mass is 269 g/mol. The van der Waals surface area contributed by atoms with Crippen molar-refractivity contribution in [1.29, 1.82) is 0 Å². The molecule has 1 fully saturated rings. The van der Waals surface area contributed by atoms with Crippen molar-refractivity contribution in [3.8, 4) is 0 Å². The number of thiophene rings is 1. The van der Waals surface area contributed by atoms with Crippen molar-refractivity contribution < 1.29 is 19.4 Å². The number of hydrogen-bond acceptors (Lipinski definition) is 4. The molecule has 98 valence electrons. The number of carboxylic acids is 1. The number of carbonyl (C=O) groups is 2. The zero-order valence-corrected chi connectivity index (χ0v) is 11.0. The fraction of sp³-hybridized carbons (Fsp3) is 0.500. The Hall–Kier alpha value is -1.40. The Labute approximate surface area is 109 Å². The molecule has 2 heterocycles. The van der Waals surface area contributed by atoms with E-state index in [-0.39, 0.29) is 23.5 Å². The predicted molar refractivity (Wildman–Crippen MR) is 68.2 cm³/mol. The van der Waals surface area contributed by atoms with Gasteiger partial charge in [0, 0.05) is 4.88 Å². The Morgan fingerprint density at radius 3 is 2.83 bits per heavy atom. The zero-order valence-electron chi connectivity index (χ0n) is 10.2. The molecule has 2 atom stereocenters. The van der Waals surface area contributed by atoms with Gasteiger partial charge in [-0.3, -0.25) is 4.79 Å². The van der Waals surface area contributed by atoms with Gasteiger partial charge in [0.05, 0.1) is 24.2 Å². The van der Waals surface area contributed by atoms with Gasteiger partial charge >= 0.3 is 5.97 Å². The van der Waals surface area contributed by atoms with Crippen LogP contribution in [0.5, 0.6) is 0 Å². The van der Waals surface area contributed by atoms with Crippen molar-refractivity contribution in [1.82, 2.24) is 0 Å². The van der Waals surface area contributed by atoms with Gasteiger partial charge in [-0.25, -0.2) is 4.79 Å². The molecule has 6 heteroatoms. The molecule has 5 nitrogen and oxygen atoms in total. The standard InChI is InChI=1S/C12H15NO4S/c1-6-3-8(5-17-6)10(14)13-11-9(12(15)16)4-7(2)18-11/h4,6,8H,3,5H2,1-2H3,(H,13,14)(H,15,16). The average molecular weight is 269 g/mol. The summed E-state index contributed by atoms with van der Waals surface area (Å²) in [5.74, 6) is -1.38. The van der Waals surface area contributed by atoms with Crippen molar-refractivity contribution >= 4 is 28.2 Å². The molecule has 0 spiro atoms. The van der Waals surface area contributed by atoms with Gasteiger partial charge in [-0.05, 0) is 26.3 Å². The lowest BCUT2D eigenvalue weighted by atomic mass is 10.1. The van der Waals surface area contributed by atoms with Crippen LogP contribution < -0.4 is 5.32 Å². The largest absolute Gasteiger partial charge is 0.478 e. The van der Waals surface area contributed by atoms with E-state index >= 15 is 0 Å². The Bertz CT molecular complexity index is 482. The van der Waals surface area contributed by atoms with Crippen molar-refractivity contribution in [3.63, 3.8) is 0 Å². The van der Waals surface area contributed by atoms with E-state index in [4.69, 9.17) is 9.84 Å². The highest BCUT2D eigenvalue weighted by atomic mass is 32.1. The quantitative estimate of drug-likeness (QED) is 0.881. The van der Waals surface area contributed by atoms with Gasteiger partial charge in [0.25, 0.3) is 0 Å². The minimum absolute atomic E-state index is 0.0877. The van der Waals surface area contributed by atoms with Gasteiger partial charge in [-0.1, -0.05) is 0 Å². The van der Waals surface area contributed by atoms with Crippen LogP contribution in [0.4, 0.5) is 5.00 Å². The van der Waals surface area contributed by atoms with Crippen LogP contribution in [0.25, 0.3) is 0 Å². The van der Waals surface area contributed by atoms with E-state index in [9.17, 15) is 9.59 Å². The summed E-state index contributed by atoms with van der Waals surface area (Å²) in [6.07, 6.45) is 0.767. The third-order valence-corrected chi connectivity index (χ3v) is 3.86. The molecule has 2 N–H and O–H groups in total. The summed E-state index contributed by atoms with van der Waals surface area (Å²) in [5, 5.41) is 12.1. The van der Waals surface area contributed by atoms with Gasteiger partial charge in [0.1, 0.15) is 5.00 Å². The second kappa shape index (κ2) is 5.07. The molecule has 2 unspecified atom stereocenters. The fourth-order valence-corrected chi connectivity index (χ4v) is 2.89. The molecular weight excluding hydrogens is 254 g/mol. The summed E-state index contributed by atoms with van der Waals surface area (Å²) < 4.78 is 5.33. The van der Waals surface area contributed by atoms with Gasteiger partial charge in [-0.15, -0.1) is 11.3 Å². The third-order valence-electron chi connectivity index (χ3n) is 2.89. The summed E-state index contributed by atoms with van der Waals surface area (Å²) in [4.78, 5) is 23.8. The molecule has 0 aliphatic carbocycles. The lowest BCUT2D eigenvalue weighted by molar-refractivity contribution is -0.119. The first-order chi connectivity index (χ1) is 8.47.